The molecule has 32 heavy (non-hydrogen) atoms. The average Bonchev–Trinajstić information content (AvgIpc) is 3.21. The Morgan fingerprint density at radius 2 is 2.00 bits per heavy atom. The normalized spacial score (nSPS) is 15.4. The van der Waals surface area contributed by atoms with Gasteiger partial charge in [0.15, 0.2) is 0 Å². The number of alkyl halides is 3. The van der Waals surface area contributed by atoms with E-state index in [1.165, 1.54) is 23.6 Å². The van der Waals surface area contributed by atoms with Gasteiger partial charge in [-0.15, -0.1) is 11.3 Å². The Morgan fingerprint density at radius 1 is 1.16 bits per heavy atom. The predicted molar refractivity (Wildman–Crippen MR) is 116 cm³/mol. The number of hydrogen-bond donors (Lipinski definition) is 0. The van der Waals surface area contributed by atoms with Crippen LogP contribution in [0.15, 0.2) is 41.9 Å². The third kappa shape index (κ3) is 3.95. The van der Waals surface area contributed by atoms with E-state index >= 15 is 0 Å². The fourth-order valence-corrected chi connectivity index (χ4v) is 4.89. The maximum absolute atomic E-state index is 13.3. The molecular weight excluding hydrogens is 441 g/mol. The second kappa shape index (κ2) is 8.18. The SMILES string of the molecule is O=C(c1cc2c(cn1)c(-c1csc3ccccc13)nn2CC(F)(F)F)N1CCCOCC1. The molecule has 1 amide bonds. The highest BCUT2D eigenvalue weighted by Gasteiger charge is 2.31. The van der Waals surface area contributed by atoms with E-state index in [0.717, 1.165) is 20.3 Å². The third-order valence-corrected chi connectivity index (χ3v) is 6.39. The molecule has 1 saturated heterocycles. The molecule has 0 spiro atoms. The number of aromatic nitrogens is 3. The maximum atomic E-state index is 13.3. The third-order valence-electron chi connectivity index (χ3n) is 5.43. The summed E-state index contributed by atoms with van der Waals surface area (Å²) in [6, 6.07) is 9.09. The van der Waals surface area contributed by atoms with Crippen LogP contribution in [0.1, 0.15) is 16.9 Å². The van der Waals surface area contributed by atoms with Gasteiger partial charge in [-0.2, -0.15) is 18.3 Å². The van der Waals surface area contributed by atoms with E-state index in [1.807, 2.05) is 29.6 Å². The number of carbonyl (C=O) groups excluding carboxylic acids is 1. The number of amides is 1. The quantitative estimate of drug-likeness (QED) is 0.443. The summed E-state index contributed by atoms with van der Waals surface area (Å²) >= 11 is 1.50. The van der Waals surface area contributed by atoms with Crippen LogP contribution in [0.4, 0.5) is 13.2 Å². The standard InChI is InChI=1S/C22H19F3N4O2S/c23-22(24,25)13-29-18-10-17(21(30)28-6-3-8-31-9-7-28)26-11-15(18)20(27-29)16-12-32-19-5-2-1-4-14(16)19/h1-2,4-5,10-12H,3,6-9,13H2. The molecule has 0 atom stereocenters. The molecule has 0 aliphatic carbocycles. The Kier molecular flexibility index (Phi) is 5.34. The predicted octanol–water partition coefficient (Wildman–Crippen LogP) is 4.74. The smallest absolute Gasteiger partial charge is 0.380 e. The molecule has 166 valence electrons. The summed E-state index contributed by atoms with van der Waals surface area (Å²) in [5.41, 5.74) is 1.51. The van der Waals surface area contributed by atoms with Gasteiger partial charge in [-0.05, 0) is 18.6 Å². The number of carbonyl (C=O) groups is 1. The van der Waals surface area contributed by atoms with E-state index in [2.05, 4.69) is 10.1 Å². The van der Waals surface area contributed by atoms with Crippen LogP contribution < -0.4 is 0 Å². The number of ether oxygens (including phenoxy) is 1. The van der Waals surface area contributed by atoms with Crippen LogP contribution in [0.3, 0.4) is 0 Å². The maximum Gasteiger partial charge on any atom is 0.408 e. The van der Waals surface area contributed by atoms with Crippen molar-refractivity contribution in [3.8, 4) is 11.3 Å². The summed E-state index contributed by atoms with van der Waals surface area (Å²) in [5, 5.41) is 7.60. The summed E-state index contributed by atoms with van der Waals surface area (Å²) in [5.74, 6) is -0.320. The minimum atomic E-state index is -4.46. The van der Waals surface area contributed by atoms with Crippen LogP contribution in [0.2, 0.25) is 0 Å². The van der Waals surface area contributed by atoms with Crippen molar-refractivity contribution in [2.45, 2.75) is 19.1 Å². The molecular formula is C22H19F3N4O2S. The van der Waals surface area contributed by atoms with Gasteiger partial charge in [-0.25, -0.2) is 0 Å². The Hall–Kier alpha value is -2.98. The van der Waals surface area contributed by atoms with Gasteiger partial charge < -0.3 is 9.64 Å². The van der Waals surface area contributed by atoms with Crippen LogP contribution >= 0.6 is 11.3 Å². The molecule has 5 rings (SSSR count). The fourth-order valence-electron chi connectivity index (χ4n) is 3.95. The van der Waals surface area contributed by atoms with Crippen molar-refractivity contribution in [3.63, 3.8) is 0 Å². The second-order valence-corrected chi connectivity index (χ2v) is 8.52. The van der Waals surface area contributed by atoms with E-state index in [9.17, 15) is 18.0 Å². The molecule has 0 unspecified atom stereocenters. The van der Waals surface area contributed by atoms with Gasteiger partial charge in [0.1, 0.15) is 17.9 Å². The lowest BCUT2D eigenvalue weighted by molar-refractivity contribution is -0.141. The van der Waals surface area contributed by atoms with E-state index in [4.69, 9.17) is 4.74 Å². The molecule has 0 saturated carbocycles. The van der Waals surface area contributed by atoms with Crippen LogP contribution in [-0.4, -0.2) is 58.1 Å². The van der Waals surface area contributed by atoms with Crippen molar-refractivity contribution in [1.29, 1.82) is 0 Å². The Morgan fingerprint density at radius 3 is 2.84 bits per heavy atom. The number of pyridine rings is 1. The molecule has 4 aromatic rings. The van der Waals surface area contributed by atoms with Crippen LogP contribution in [-0.2, 0) is 11.3 Å². The molecule has 1 aromatic carbocycles. The molecule has 0 radical (unpaired) electrons. The number of rotatable bonds is 3. The summed E-state index contributed by atoms with van der Waals surface area (Å²) < 4.78 is 47.2. The van der Waals surface area contributed by atoms with E-state index < -0.39 is 12.7 Å². The number of hydrogen-bond acceptors (Lipinski definition) is 5. The van der Waals surface area contributed by atoms with Crippen LogP contribution in [0.25, 0.3) is 32.2 Å². The number of halogens is 3. The Balaban J connectivity index is 1.62. The van der Waals surface area contributed by atoms with Crippen molar-refractivity contribution in [3.05, 3.63) is 47.6 Å². The zero-order valence-corrected chi connectivity index (χ0v) is 17.7. The van der Waals surface area contributed by atoms with Crippen molar-refractivity contribution in [2.75, 3.05) is 26.3 Å². The average molecular weight is 460 g/mol. The zero-order chi connectivity index (χ0) is 22.3. The van der Waals surface area contributed by atoms with Crippen LogP contribution in [0.5, 0.6) is 0 Å². The largest absolute Gasteiger partial charge is 0.408 e. The van der Waals surface area contributed by atoms with Crippen molar-refractivity contribution in [1.82, 2.24) is 19.7 Å². The fraction of sp³-hybridized carbons (Fsp3) is 0.318. The highest BCUT2D eigenvalue weighted by molar-refractivity contribution is 7.17. The minimum absolute atomic E-state index is 0.101. The highest BCUT2D eigenvalue weighted by atomic mass is 32.1. The van der Waals surface area contributed by atoms with Crippen LogP contribution in [0, 0.1) is 0 Å². The molecule has 3 aromatic heterocycles. The lowest BCUT2D eigenvalue weighted by Crippen LogP contribution is -2.33. The molecule has 6 nitrogen and oxygen atoms in total. The Labute approximate surface area is 185 Å². The molecule has 1 fully saturated rings. The molecule has 1 aliphatic heterocycles. The van der Waals surface area contributed by atoms with Gasteiger partial charge in [0.2, 0.25) is 0 Å². The van der Waals surface area contributed by atoms with E-state index in [0.29, 0.717) is 43.8 Å². The van der Waals surface area contributed by atoms with Crippen molar-refractivity contribution in [2.24, 2.45) is 0 Å². The first-order valence-electron chi connectivity index (χ1n) is 10.2. The number of benzene rings is 1. The Bertz CT molecular complexity index is 1290. The van der Waals surface area contributed by atoms with Gasteiger partial charge in [0.05, 0.1) is 12.1 Å². The lowest BCUT2D eigenvalue weighted by atomic mass is 10.1. The monoisotopic (exact) mass is 460 g/mol. The van der Waals surface area contributed by atoms with Gasteiger partial charge >= 0.3 is 6.18 Å². The van der Waals surface area contributed by atoms with E-state index in [-0.39, 0.29) is 17.1 Å². The summed E-state index contributed by atoms with van der Waals surface area (Å²) in [7, 11) is 0. The van der Waals surface area contributed by atoms with Gasteiger partial charge in [0.25, 0.3) is 5.91 Å². The summed E-state index contributed by atoms with van der Waals surface area (Å²) in [6.07, 6.45) is -2.30. The highest BCUT2D eigenvalue weighted by Crippen LogP contribution is 2.37. The summed E-state index contributed by atoms with van der Waals surface area (Å²) in [6.45, 7) is 0.696. The molecule has 10 heteroatoms. The molecule has 4 heterocycles. The first-order chi connectivity index (χ1) is 15.4. The lowest BCUT2D eigenvalue weighted by Gasteiger charge is -2.19. The number of nitrogens with zero attached hydrogens (tertiary/aromatic N) is 4. The molecule has 0 bridgehead atoms. The first-order valence-corrected chi connectivity index (χ1v) is 11.1. The number of thiophene rings is 1. The second-order valence-electron chi connectivity index (χ2n) is 7.61. The zero-order valence-electron chi connectivity index (χ0n) is 16.9. The molecule has 0 N–H and O–H groups in total. The van der Waals surface area contributed by atoms with Gasteiger partial charge in [-0.1, -0.05) is 18.2 Å². The minimum Gasteiger partial charge on any atom is -0.380 e. The number of fused-ring (bicyclic) bond motifs is 2. The van der Waals surface area contributed by atoms with Gasteiger partial charge in [0, 0.05) is 52.3 Å². The van der Waals surface area contributed by atoms with Crippen molar-refractivity contribution < 1.29 is 22.7 Å². The first kappa shape index (κ1) is 20.9. The molecule has 1 aliphatic rings. The van der Waals surface area contributed by atoms with Gasteiger partial charge in [-0.3, -0.25) is 14.5 Å². The topological polar surface area (TPSA) is 60.2 Å². The van der Waals surface area contributed by atoms with E-state index in [1.54, 1.807) is 4.90 Å². The summed E-state index contributed by atoms with van der Waals surface area (Å²) in [4.78, 5) is 18.9. The van der Waals surface area contributed by atoms with Crippen molar-refractivity contribution >= 4 is 38.2 Å².